The molecule has 34 heavy (non-hydrogen) atoms. The number of aromatic nitrogens is 4. The third-order valence-corrected chi connectivity index (χ3v) is 4.78. The number of hydrogen-bond donors (Lipinski definition) is 2. The number of nitrogens with zero attached hydrogens (tertiary/aromatic N) is 4. The number of benzene rings is 1. The Morgan fingerprint density at radius 2 is 2.06 bits per heavy atom. The summed E-state index contributed by atoms with van der Waals surface area (Å²) < 4.78 is 7.01. The minimum Gasteiger partial charge on any atom is -0.445 e. The highest BCUT2D eigenvalue weighted by molar-refractivity contribution is 6.32. The van der Waals surface area contributed by atoms with Crippen LogP contribution in [-0.2, 0) is 11.3 Å². The van der Waals surface area contributed by atoms with Gasteiger partial charge in [-0.2, -0.15) is 5.10 Å². The van der Waals surface area contributed by atoms with Gasteiger partial charge in [0.2, 0.25) is 5.95 Å². The van der Waals surface area contributed by atoms with E-state index in [0.29, 0.717) is 28.0 Å². The number of carbonyl (C=O) groups excluding carboxylic acids is 1. The lowest BCUT2D eigenvalue weighted by atomic mass is 9.96. The minimum absolute atomic E-state index is 0.0371. The fraction of sp³-hybridized carbons (Fsp3) is 0.280. The van der Waals surface area contributed by atoms with Crippen molar-refractivity contribution >= 4 is 35.0 Å². The first kappa shape index (κ1) is 25.0. The van der Waals surface area contributed by atoms with Crippen molar-refractivity contribution < 1.29 is 9.53 Å². The van der Waals surface area contributed by atoms with E-state index < -0.39 is 6.09 Å². The van der Waals surface area contributed by atoms with Gasteiger partial charge in [-0.3, -0.25) is 10.00 Å². The number of hydrogen-bond acceptors (Lipinski definition) is 6. The topological polar surface area (TPSA) is 94.0 Å². The lowest BCUT2D eigenvalue weighted by Crippen LogP contribution is -2.14. The fourth-order valence-corrected chi connectivity index (χ4v) is 3.14. The van der Waals surface area contributed by atoms with Crippen LogP contribution in [0.5, 0.6) is 0 Å². The minimum atomic E-state index is -0.533. The molecule has 0 aliphatic heterocycles. The number of aryl methyl sites for hydroxylation is 1. The fourth-order valence-electron chi connectivity index (χ4n) is 2.94. The molecule has 8 nitrogen and oxygen atoms in total. The van der Waals surface area contributed by atoms with E-state index in [1.54, 1.807) is 24.4 Å². The molecule has 2 aromatic heterocycles. The number of allylic oxidation sites excluding steroid dienone is 2. The maximum Gasteiger partial charge on any atom is 0.411 e. The summed E-state index contributed by atoms with van der Waals surface area (Å²) in [5, 5.41) is 10.6. The molecule has 2 N–H and O–H groups in total. The number of ether oxygens (including phenoxy) is 1. The summed E-state index contributed by atoms with van der Waals surface area (Å²) in [5.41, 5.74) is 2.67. The molecule has 0 saturated heterocycles. The van der Waals surface area contributed by atoms with Gasteiger partial charge in [0.1, 0.15) is 6.61 Å². The van der Waals surface area contributed by atoms with Crippen LogP contribution in [-0.4, -0.2) is 32.4 Å². The number of halogens is 1. The maximum absolute atomic E-state index is 12.1. The van der Waals surface area contributed by atoms with Gasteiger partial charge in [-0.25, -0.2) is 14.8 Å². The summed E-state index contributed by atoms with van der Waals surface area (Å²) in [4.78, 5) is 20.9. The number of carbonyl (C=O) groups is 1. The zero-order valence-corrected chi connectivity index (χ0v) is 20.3. The van der Waals surface area contributed by atoms with Crippen molar-refractivity contribution in [3.63, 3.8) is 0 Å². The predicted molar refractivity (Wildman–Crippen MR) is 136 cm³/mol. The smallest absolute Gasteiger partial charge is 0.411 e. The molecule has 9 heteroatoms. The van der Waals surface area contributed by atoms with Crippen molar-refractivity contribution in [1.82, 2.24) is 19.7 Å². The third kappa shape index (κ3) is 7.74. The quantitative estimate of drug-likeness (QED) is 0.341. The summed E-state index contributed by atoms with van der Waals surface area (Å²) in [5.74, 6) is 0.366. The first-order chi connectivity index (χ1) is 16.2. The van der Waals surface area contributed by atoms with Crippen LogP contribution in [0.15, 0.2) is 67.7 Å². The van der Waals surface area contributed by atoms with Gasteiger partial charge >= 0.3 is 6.09 Å². The highest BCUT2D eigenvalue weighted by Crippen LogP contribution is 2.27. The molecule has 0 saturated carbocycles. The van der Waals surface area contributed by atoms with Crippen molar-refractivity contribution in [2.24, 2.45) is 5.41 Å². The Morgan fingerprint density at radius 3 is 2.82 bits per heavy atom. The van der Waals surface area contributed by atoms with Crippen molar-refractivity contribution in [2.75, 3.05) is 17.2 Å². The lowest BCUT2D eigenvalue weighted by molar-refractivity contribution is 0.174. The second-order valence-electron chi connectivity index (χ2n) is 8.66. The zero-order chi connectivity index (χ0) is 24.6. The van der Waals surface area contributed by atoms with Crippen LogP contribution in [0.1, 0.15) is 27.2 Å². The summed E-state index contributed by atoms with van der Waals surface area (Å²) in [6, 6.07) is 7.17. The predicted octanol–water partition coefficient (Wildman–Crippen LogP) is 6.46. The van der Waals surface area contributed by atoms with Crippen molar-refractivity contribution in [3.05, 3.63) is 72.7 Å². The first-order valence-corrected chi connectivity index (χ1v) is 11.3. The van der Waals surface area contributed by atoms with E-state index in [9.17, 15) is 4.79 Å². The average molecular weight is 481 g/mol. The van der Waals surface area contributed by atoms with E-state index in [1.165, 1.54) is 6.20 Å². The Hall–Kier alpha value is -3.65. The van der Waals surface area contributed by atoms with Crippen LogP contribution in [0.2, 0.25) is 5.02 Å². The molecule has 0 spiro atoms. The second-order valence-corrected chi connectivity index (χ2v) is 9.06. The molecule has 3 rings (SSSR count). The molecule has 1 amide bonds. The normalized spacial score (nSPS) is 11.4. The van der Waals surface area contributed by atoms with Crippen molar-refractivity contribution in [2.45, 2.75) is 33.7 Å². The highest BCUT2D eigenvalue weighted by atomic mass is 35.5. The van der Waals surface area contributed by atoms with Gasteiger partial charge in [-0.15, -0.1) is 6.58 Å². The van der Waals surface area contributed by atoms with Gasteiger partial charge in [-0.05, 0) is 30.0 Å². The van der Waals surface area contributed by atoms with Gasteiger partial charge in [0.15, 0.2) is 0 Å². The van der Waals surface area contributed by atoms with Crippen LogP contribution in [0, 0.1) is 5.41 Å². The molecule has 0 radical (unpaired) electrons. The molecule has 0 aliphatic rings. The number of rotatable bonds is 9. The number of anilines is 3. The maximum atomic E-state index is 12.1. The van der Waals surface area contributed by atoms with E-state index in [0.717, 1.165) is 18.5 Å². The molecule has 0 bridgehead atoms. The highest BCUT2D eigenvalue weighted by Gasteiger charge is 2.11. The standard InChI is InChI=1S/C25H29ClN6O2/c1-5-6-12-32-17-18(15-28-32)22-21(26)16-27-23(31-22)29-19-9-7-10-20(14-19)30-24(33)34-13-8-11-25(2,3)4/h5,7-11,14-17H,1,6,12-13H2,2-4H3,(H,30,33)(H,27,29,31). The van der Waals surface area contributed by atoms with Crippen molar-refractivity contribution in [3.8, 4) is 11.3 Å². The molecular weight excluding hydrogens is 452 g/mol. The van der Waals surface area contributed by atoms with E-state index in [1.807, 2.05) is 35.2 Å². The van der Waals surface area contributed by atoms with Crippen LogP contribution >= 0.6 is 11.6 Å². The molecule has 2 heterocycles. The lowest BCUT2D eigenvalue weighted by Gasteiger charge is -2.11. The molecule has 0 aliphatic carbocycles. The van der Waals surface area contributed by atoms with E-state index in [-0.39, 0.29) is 12.0 Å². The van der Waals surface area contributed by atoms with Gasteiger partial charge in [0.25, 0.3) is 0 Å². The Balaban J connectivity index is 1.65. The molecule has 3 aromatic rings. The van der Waals surface area contributed by atoms with Crippen molar-refractivity contribution in [1.29, 1.82) is 0 Å². The number of nitrogens with one attached hydrogen (secondary N) is 2. The van der Waals surface area contributed by atoms with E-state index in [4.69, 9.17) is 16.3 Å². The molecule has 0 atom stereocenters. The first-order valence-electron chi connectivity index (χ1n) is 10.9. The van der Waals surface area contributed by atoms with Gasteiger partial charge in [0.05, 0.1) is 23.1 Å². The summed E-state index contributed by atoms with van der Waals surface area (Å²) >= 11 is 6.33. The Bertz CT molecular complexity index is 1170. The van der Waals surface area contributed by atoms with Crippen LogP contribution in [0.25, 0.3) is 11.3 Å². The van der Waals surface area contributed by atoms with Gasteiger partial charge in [-0.1, -0.05) is 56.7 Å². The average Bonchev–Trinajstić information content (AvgIpc) is 3.25. The van der Waals surface area contributed by atoms with E-state index >= 15 is 0 Å². The largest absolute Gasteiger partial charge is 0.445 e. The Kier molecular flexibility index (Phi) is 8.43. The summed E-state index contributed by atoms with van der Waals surface area (Å²) in [6.45, 7) is 10.9. The van der Waals surface area contributed by atoms with Crippen LogP contribution in [0.4, 0.5) is 22.1 Å². The van der Waals surface area contributed by atoms with Gasteiger partial charge in [0, 0.05) is 29.7 Å². The number of amides is 1. The molecule has 1 aromatic carbocycles. The molecule has 0 unspecified atom stereocenters. The second kappa shape index (κ2) is 11.5. The van der Waals surface area contributed by atoms with Crippen LogP contribution in [0.3, 0.4) is 0 Å². The Labute approximate surface area is 204 Å². The third-order valence-electron chi connectivity index (χ3n) is 4.51. The Morgan fingerprint density at radius 1 is 1.26 bits per heavy atom. The molecule has 178 valence electrons. The summed E-state index contributed by atoms with van der Waals surface area (Å²) in [6.07, 6.45) is 11.1. The van der Waals surface area contributed by atoms with E-state index in [2.05, 4.69) is 53.1 Å². The van der Waals surface area contributed by atoms with Gasteiger partial charge < -0.3 is 10.1 Å². The molecule has 0 fully saturated rings. The van der Waals surface area contributed by atoms with Crippen LogP contribution < -0.4 is 10.6 Å². The SMILES string of the molecule is C=CCCn1cc(-c2nc(Nc3cccc(NC(=O)OCC=CC(C)(C)C)c3)ncc2Cl)cn1. The zero-order valence-electron chi connectivity index (χ0n) is 19.6. The molecular formula is C25H29ClN6O2. The monoisotopic (exact) mass is 480 g/mol. The summed E-state index contributed by atoms with van der Waals surface area (Å²) in [7, 11) is 0.